The predicted octanol–water partition coefficient (Wildman–Crippen LogP) is 7.03. The maximum absolute atomic E-state index is 13.2. The van der Waals surface area contributed by atoms with Gasteiger partial charge in [-0.05, 0) is 42.8 Å². The number of alkyl halides is 6. The van der Waals surface area contributed by atoms with Crippen LogP contribution in [0, 0.1) is 5.92 Å². The Morgan fingerprint density at radius 3 is 2.26 bits per heavy atom. The quantitative estimate of drug-likeness (QED) is 0.415. The minimum Gasteiger partial charge on any atom is -0.376 e. The fourth-order valence-corrected chi connectivity index (χ4v) is 4.71. The lowest BCUT2D eigenvalue weighted by Gasteiger charge is -2.22. The van der Waals surface area contributed by atoms with E-state index >= 15 is 0 Å². The van der Waals surface area contributed by atoms with Gasteiger partial charge in [0.05, 0.1) is 22.7 Å². The summed E-state index contributed by atoms with van der Waals surface area (Å²) in [6.07, 6.45) is -9.55. The summed E-state index contributed by atoms with van der Waals surface area (Å²) in [5.41, 5.74) is -1.40. The van der Waals surface area contributed by atoms with E-state index in [1.54, 1.807) is 12.1 Å². The van der Waals surface area contributed by atoms with Crippen LogP contribution >= 0.6 is 11.6 Å². The van der Waals surface area contributed by atoms with Gasteiger partial charge in [0.2, 0.25) is 0 Å². The SMILES string of the molecule is FC(F)(F)c1cc(N[C@H]2c3cc4ccc(Cl)cc4n3[C@H]3OCC[C@@H]23)cc(C(F)(F)F)c1. The van der Waals surface area contributed by atoms with Crippen LogP contribution < -0.4 is 5.32 Å². The third-order valence-corrected chi connectivity index (χ3v) is 6.09. The lowest BCUT2D eigenvalue weighted by molar-refractivity contribution is -0.143. The van der Waals surface area contributed by atoms with Crippen LogP contribution in [0.25, 0.3) is 10.9 Å². The smallest absolute Gasteiger partial charge is 0.376 e. The average Bonchev–Trinajstić information content (AvgIpc) is 3.33. The van der Waals surface area contributed by atoms with Gasteiger partial charge in [0.25, 0.3) is 0 Å². The fraction of sp³-hybridized carbons (Fsp3) is 0.333. The molecule has 3 nitrogen and oxygen atoms in total. The number of ether oxygens (including phenoxy) is 1. The van der Waals surface area contributed by atoms with E-state index in [1.807, 2.05) is 16.7 Å². The molecule has 164 valence electrons. The summed E-state index contributed by atoms with van der Waals surface area (Å²) in [7, 11) is 0. The first kappa shape index (κ1) is 20.5. The number of hydrogen-bond acceptors (Lipinski definition) is 2. The van der Waals surface area contributed by atoms with Crippen molar-refractivity contribution in [1.82, 2.24) is 4.57 Å². The number of benzene rings is 2. The molecule has 0 bridgehead atoms. The zero-order chi connectivity index (χ0) is 22.1. The lowest BCUT2D eigenvalue weighted by Crippen LogP contribution is -2.18. The summed E-state index contributed by atoms with van der Waals surface area (Å²) < 4.78 is 87.3. The standard InChI is InChI=1S/C21H15ClF6N2O/c22-13-2-1-10-5-17-18(15-3-4-31-19(15)30(17)16(10)9-13)29-14-7-11(20(23,24)25)6-12(8-14)21(26,27)28/h1-2,5-9,15,18-19,29H,3-4H2/t15-,18+,19-/m0/s1. The number of rotatable bonds is 2. The van der Waals surface area contributed by atoms with Crippen LogP contribution in [0.2, 0.25) is 5.02 Å². The van der Waals surface area contributed by atoms with E-state index in [0.29, 0.717) is 30.2 Å². The Labute approximate surface area is 177 Å². The third-order valence-electron chi connectivity index (χ3n) is 5.85. The van der Waals surface area contributed by atoms with Crippen molar-refractivity contribution in [3.63, 3.8) is 0 Å². The van der Waals surface area contributed by atoms with E-state index in [1.165, 1.54) is 0 Å². The van der Waals surface area contributed by atoms with Gasteiger partial charge in [-0.3, -0.25) is 0 Å². The van der Waals surface area contributed by atoms with Gasteiger partial charge in [0, 0.05) is 34.3 Å². The van der Waals surface area contributed by atoms with Crippen molar-refractivity contribution in [2.45, 2.75) is 31.0 Å². The van der Waals surface area contributed by atoms with Gasteiger partial charge < -0.3 is 14.6 Å². The first-order valence-corrected chi connectivity index (χ1v) is 9.88. The number of nitrogens with one attached hydrogen (secondary N) is 1. The maximum Gasteiger partial charge on any atom is 0.416 e. The van der Waals surface area contributed by atoms with Crippen molar-refractivity contribution >= 4 is 28.2 Å². The molecule has 3 aromatic rings. The van der Waals surface area contributed by atoms with Crippen molar-refractivity contribution in [2.75, 3.05) is 11.9 Å². The van der Waals surface area contributed by atoms with E-state index in [0.717, 1.165) is 16.6 Å². The molecule has 1 saturated heterocycles. The highest BCUT2D eigenvalue weighted by molar-refractivity contribution is 6.31. The Hall–Kier alpha value is -2.39. The van der Waals surface area contributed by atoms with Crippen molar-refractivity contribution in [2.24, 2.45) is 5.92 Å². The molecule has 0 aliphatic carbocycles. The highest BCUT2D eigenvalue weighted by Crippen LogP contribution is 2.51. The molecular weight excluding hydrogens is 446 g/mol. The third kappa shape index (κ3) is 3.43. The Bertz CT molecular complexity index is 1140. The second kappa shape index (κ2) is 6.80. The van der Waals surface area contributed by atoms with Crippen LogP contribution in [0.1, 0.15) is 35.5 Å². The molecule has 1 N–H and O–H groups in total. The molecule has 2 aromatic carbocycles. The number of anilines is 1. The lowest BCUT2D eigenvalue weighted by atomic mass is 9.96. The molecule has 0 unspecified atom stereocenters. The van der Waals surface area contributed by atoms with E-state index in [9.17, 15) is 26.3 Å². The predicted molar refractivity (Wildman–Crippen MR) is 103 cm³/mol. The van der Waals surface area contributed by atoms with Gasteiger partial charge in [0.1, 0.15) is 6.23 Å². The minimum absolute atomic E-state index is 0.125. The molecule has 10 heteroatoms. The number of aromatic nitrogens is 1. The molecule has 3 heterocycles. The molecule has 31 heavy (non-hydrogen) atoms. The molecule has 3 atom stereocenters. The van der Waals surface area contributed by atoms with E-state index in [-0.39, 0.29) is 23.9 Å². The van der Waals surface area contributed by atoms with E-state index in [2.05, 4.69) is 5.32 Å². The number of hydrogen-bond donors (Lipinski definition) is 1. The molecule has 1 fully saturated rings. The van der Waals surface area contributed by atoms with Crippen molar-refractivity contribution in [1.29, 1.82) is 0 Å². The molecule has 0 saturated carbocycles. The number of halogens is 7. The summed E-state index contributed by atoms with van der Waals surface area (Å²) in [5.74, 6) is -0.137. The molecule has 0 spiro atoms. The topological polar surface area (TPSA) is 26.2 Å². The Balaban J connectivity index is 1.60. The minimum atomic E-state index is -4.90. The van der Waals surface area contributed by atoms with Gasteiger partial charge >= 0.3 is 12.4 Å². The number of fused-ring (bicyclic) bond motifs is 5. The Morgan fingerprint density at radius 1 is 0.935 bits per heavy atom. The second-order valence-corrected chi connectivity index (χ2v) is 8.21. The summed E-state index contributed by atoms with van der Waals surface area (Å²) in [4.78, 5) is 0. The van der Waals surface area contributed by atoms with Crippen molar-refractivity contribution in [3.8, 4) is 0 Å². The zero-order valence-electron chi connectivity index (χ0n) is 15.7. The van der Waals surface area contributed by atoms with Gasteiger partial charge in [-0.2, -0.15) is 26.3 Å². The average molecular weight is 461 g/mol. The molecule has 2 aliphatic rings. The maximum atomic E-state index is 13.2. The zero-order valence-corrected chi connectivity index (χ0v) is 16.4. The first-order valence-electron chi connectivity index (χ1n) is 9.50. The highest BCUT2D eigenvalue weighted by atomic mass is 35.5. The number of nitrogens with zero attached hydrogens (tertiary/aromatic N) is 1. The second-order valence-electron chi connectivity index (χ2n) is 7.77. The Morgan fingerprint density at radius 2 is 1.61 bits per heavy atom. The normalized spacial score (nSPS) is 23.3. The Kier molecular flexibility index (Phi) is 4.50. The summed E-state index contributed by atoms with van der Waals surface area (Å²) in [6.45, 7) is 0.448. The molecule has 0 radical (unpaired) electrons. The summed E-state index contributed by atoms with van der Waals surface area (Å²) in [6, 6.07) is 8.21. The van der Waals surface area contributed by atoms with Crippen molar-refractivity contribution in [3.05, 3.63) is 64.3 Å². The molecule has 2 aliphatic heterocycles. The fourth-order valence-electron chi connectivity index (χ4n) is 4.55. The molecule has 5 rings (SSSR count). The van der Waals surface area contributed by atoms with E-state index in [4.69, 9.17) is 16.3 Å². The largest absolute Gasteiger partial charge is 0.416 e. The van der Waals surface area contributed by atoms with E-state index < -0.39 is 29.5 Å². The monoisotopic (exact) mass is 460 g/mol. The molecular formula is C21H15ClF6N2O. The summed E-state index contributed by atoms with van der Waals surface area (Å²) >= 11 is 6.12. The van der Waals surface area contributed by atoms with Gasteiger partial charge in [-0.1, -0.05) is 17.7 Å². The van der Waals surface area contributed by atoms with Crippen molar-refractivity contribution < 1.29 is 31.1 Å². The molecule has 1 aromatic heterocycles. The van der Waals surface area contributed by atoms with Crippen LogP contribution in [-0.2, 0) is 17.1 Å². The summed E-state index contributed by atoms with van der Waals surface area (Å²) in [5, 5.41) is 4.32. The van der Waals surface area contributed by atoms with Crippen LogP contribution in [0.5, 0.6) is 0 Å². The molecule has 0 amide bonds. The van der Waals surface area contributed by atoms with Gasteiger partial charge in [-0.15, -0.1) is 0 Å². The van der Waals surface area contributed by atoms with Crippen LogP contribution in [-0.4, -0.2) is 11.2 Å². The van der Waals surface area contributed by atoms with Gasteiger partial charge in [-0.25, -0.2) is 0 Å². The van der Waals surface area contributed by atoms with Crippen LogP contribution in [0.4, 0.5) is 32.0 Å². The van der Waals surface area contributed by atoms with Crippen LogP contribution in [0.3, 0.4) is 0 Å². The first-order chi connectivity index (χ1) is 14.5. The highest BCUT2D eigenvalue weighted by Gasteiger charge is 2.46. The van der Waals surface area contributed by atoms with Gasteiger partial charge in [0.15, 0.2) is 0 Å². The van der Waals surface area contributed by atoms with Crippen LogP contribution in [0.15, 0.2) is 42.5 Å².